The topological polar surface area (TPSA) is 199 Å². The van der Waals surface area contributed by atoms with Crippen molar-refractivity contribution in [1.82, 2.24) is 0 Å². The van der Waals surface area contributed by atoms with Crippen molar-refractivity contribution in [3.8, 4) is 0 Å². The number of aliphatic carboxylic acids is 3. The molecule has 6 atom stereocenters. The standard InChI is InChI=1S/C36H58O11/c1-23(15-25(3)17-27(5)19-33(40)41)11-7-9-13-31(39)29(21-37)36(46)47-32(30(22-38)35(44)45)14-10-8-12-24(2)16-26(4)18-28(6)20-34(42)43/h17-20,23-24,29-32,37-39H,7-16,21-22H2,1-6H3,(H,40,41)(H,42,43)(H,44,45)/b25-17+,26-18+,27-19+,28-20+/t23-,24-,29+,30+,31-,32+/m1/s1. The lowest BCUT2D eigenvalue weighted by atomic mass is 9.92. The quantitative estimate of drug-likeness (QED) is 0.0303. The van der Waals surface area contributed by atoms with Gasteiger partial charge in [-0.15, -0.1) is 0 Å². The Kier molecular flexibility index (Phi) is 22.3. The summed E-state index contributed by atoms with van der Waals surface area (Å²) in [7, 11) is 0. The summed E-state index contributed by atoms with van der Waals surface area (Å²) in [6.45, 7) is 10.1. The number of esters is 1. The molecular weight excluding hydrogens is 608 g/mol. The van der Waals surface area contributed by atoms with Gasteiger partial charge >= 0.3 is 23.9 Å². The first kappa shape index (κ1) is 43.7. The van der Waals surface area contributed by atoms with Gasteiger partial charge in [-0.3, -0.25) is 9.59 Å². The molecule has 6 N–H and O–H groups in total. The molecule has 0 saturated heterocycles. The van der Waals surface area contributed by atoms with Crippen molar-refractivity contribution in [2.24, 2.45) is 23.7 Å². The van der Waals surface area contributed by atoms with Gasteiger partial charge < -0.3 is 35.4 Å². The highest BCUT2D eigenvalue weighted by molar-refractivity contribution is 5.81. The SMILES string of the molecule is CC(=C\C(=O)O)/C=C(\C)C[C@H](C)CCCC[C@@H](O)[C@H](CO)C(=O)O[C@@H](CCCC[C@@H](C)C/C(C)=C/C(C)=C/C(=O)O)[C@H](CO)C(=O)O. The fraction of sp³-hybridized carbons (Fsp3) is 0.667. The zero-order valence-corrected chi connectivity index (χ0v) is 29.0. The Labute approximate surface area is 279 Å². The molecule has 0 aliphatic carbocycles. The molecule has 0 spiro atoms. The zero-order chi connectivity index (χ0) is 36.1. The summed E-state index contributed by atoms with van der Waals surface area (Å²) in [5, 5.41) is 57.7. The number of carboxylic acid groups (broad SMARTS) is 3. The fourth-order valence-corrected chi connectivity index (χ4v) is 5.84. The van der Waals surface area contributed by atoms with Gasteiger partial charge in [0.25, 0.3) is 0 Å². The summed E-state index contributed by atoms with van der Waals surface area (Å²) >= 11 is 0. The normalized spacial score (nSPS) is 17.0. The Balaban J connectivity index is 5.02. The summed E-state index contributed by atoms with van der Waals surface area (Å²) < 4.78 is 5.52. The van der Waals surface area contributed by atoms with E-state index in [1.165, 1.54) is 0 Å². The highest BCUT2D eigenvalue weighted by atomic mass is 16.5. The number of hydrogen-bond acceptors (Lipinski definition) is 8. The number of aliphatic hydroxyl groups excluding tert-OH is 3. The van der Waals surface area contributed by atoms with Gasteiger partial charge in [-0.05, 0) is 82.8 Å². The van der Waals surface area contributed by atoms with E-state index in [0.717, 1.165) is 55.4 Å². The number of allylic oxidation sites excluding steroid dienone is 6. The van der Waals surface area contributed by atoms with Crippen molar-refractivity contribution >= 4 is 23.9 Å². The van der Waals surface area contributed by atoms with E-state index in [2.05, 4.69) is 13.8 Å². The molecule has 268 valence electrons. The largest absolute Gasteiger partial charge is 0.481 e. The van der Waals surface area contributed by atoms with Gasteiger partial charge in [0.2, 0.25) is 0 Å². The minimum Gasteiger partial charge on any atom is -0.481 e. The van der Waals surface area contributed by atoms with Crippen molar-refractivity contribution in [2.75, 3.05) is 13.2 Å². The maximum atomic E-state index is 13.0. The number of carbonyl (C=O) groups excluding carboxylic acids is 1. The molecular formula is C36H58O11. The molecule has 0 fully saturated rings. The lowest BCUT2D eigenvalue weighted by Crippen LogP contribution is -2.40. The van der Waals surface area contributed by atoms with Crippen LogP contribution in [0.25, 0.3) is 0 Å². The number of ether oxygens (including phenoxy) is 1. The second kappa shape index (κ2) is 23.9. The smallest absolute Gasteiger partial charge is 0.328 e. The number of carboxylic acids is 3. The molecule has 11 nitrogen and oxygen atoms in total. The molecule has 0 radical (unpaired) electrons. The first-order chi connectivity index (χ1) is 22.0. The molecule has 11 heteroatoms. The highest BCUT2D eigenvalue weighted by Gasteiger charge is 2.35. The van der Waals surface area contributed by atoms with E-state index in [0.29, 0.717) is 36.3 Å². The van der Waals surface area contributed by atoms with E-state index in [4.69, 9.17) is 14.9 Å². The van der Waals surface area contributed by atoms with E-state index in [9.17, 15) is 39.6 Å². The molecule has 0 rings (SSSR count). The predicted octanol–water partition coefficient (Wildman–Crippen LogP) is 5.69. The van der Waals surface area contributed by atoms with Crippen LogP contribution in [0.2, 0.25) is 0 Å². The molecule has 0 saturated carbocycles. The Bertz CT molecular complexity index is 1120. The summed E-state index contributed by atoms with van der Waals surface area (Å²) in [5.74, 6) is -6.19. The van der Waals surface area contributed by atoms with Crippen LogP contribution >= 0.6 is 0 Å². The Morgan fingerprint density at radius 2 is 1.02 bits per heavy atom. The van der Waals surface area contributed by atoms with Gasteiger partial charge in [0, 0.05) is 12.2 Å². The van der Waals surface area contributed by atoms with Gasteiger partial charge in [0.1, 0.15) is 17.9 Å². The van der Waals surface area contributed by atoms with Gasteiger partial charge in [0.05, 0.1) is 19.3 Å². The van der Waals surface area contributed by atoms with Gasteiger partial charge in [-0.2, -0.15) is 0 Å². The number of unbranched alkanes of at least 4 members (excludes halogenated alkanes) is 2. The monoisotopic (exact) mass is 666 g/mol. The molecule has 0 unspecified atom stereocenters. The maximum Gasteiger partial charge on any atom is 0.328 e. The van der Waals surface area contributed by atoms with Gasteiger partial charge in [-0.25, -0.2) is 9.59 Å². The number of hydrogen-bond donors (Lipinski definition) is 6. The molecule has 0 amide bonds. The Morgan fingerprint density at radius 3 is 1.40 bits per heavy atom. The average molecular weight is 667 g/mol. The van der Waals surface area contributed by atoms with Crippen LogP contribution in [0.3, 0.4) is 0 Å². The third kappa shape index (κ3) is 20.5. The van der Waals surface area contributed by atoms with Crippen molar-refractivity contribution in [3.05, 3.63) is 46.6 Å². The summed E-state index contributed by atoms with van der Waals surface area (Å²) in [6, 6.07) is 0. The first-order valence-electron chi connectivity index (χ1n) is 16.5. The highest BCUT2D eigenvalue weighted by Crippen LogP contribution is 2.24. The molecule has 0 aliphatic heterocycles. The summed E-state index contributed by atoms with van der Waals surface area (Å²) in [6.07, 6.45) is 9.91. The van der Waals surface area contributed by atoms with Crippen LogP contribution in [0.4, 0.5) is 0 Å². The molecule has 0 bridgehead atoms. The predicted molar refractivity (Wildman–Crippen MR) is 179 cm³/mol. The summed E-state index contributed by atoms with van der Waals surface area (Å²) in [4.78, 5) is 46.4. The number of carbonyl (C=O) groups is 4. The van der Waals surface area contributed by atoms with Crippen LogP contribution in [-0.4, -0.2) is 79.9 Å². The van der Waals surface area contributed by atoms with Crippen LogP contribution in [0.1, 0.15) is 106 Å². The van der Waals surface area contributed by atoms with Gasteiger partial charge in [-0.1, -0.05) is 69.2 Å². The first-order valence-corrected chi connectivity index (χ1v) is 16.5. The van der Waals surface area contributed by atoms with Crippen molar-refractivity contribution < 1.29 is 54.6 Å². The molecule has 47 heavy (non-hydrogen) atoms. The van der Waals surface area contributed by atoms with Crippen LogP contribution in [0, 0.1) is 23.7 Å². The minimum atomic E-state index is -1.34. The third-order valence-electron chi connectivity index (χ3n) is 8.07. The molecule has 0 aromatic heterocycles. The maximum absolute atomic E-state index is 13.0. The minimum absolute atomic E-state index is 0.191. The van der Waals surface area contributed by atoms with Crippen LogP contribution in [-0.2, 0) is 23.9 Å². The van der Waals surface area contributed by atoms with E-state index in [1.54, 1.807) is 13.8 Å². The third-order valence-corrected chi connectivity index (χ3v) is 8.07. The van der Waals surface area contributed by atoms with Crippen molar-refractivity contribution in [1.29, 1.82) is 0 Å². The second-order valence-corrected chi connectivity index (χ2v) is 13.1. The van der Waals surface area contributed by atoms with Gasteiger partial charge in [0.15, 0.2) is 0 Å². The lowest BCUT2D eigenvalue weighted by molar-refractivity contribution is -0.169. The van der Waals surface area contributed by atoms with Crippen LogP contribution in [0.5, 0.6) is 0 Å². The second-order valence-electron chi connectivity index (χ2n) is 13.1. The van der Waals surface area contributed by atoms with E-state index < -0.39 is 61.1 Å². The molecule has 0 aliphatic rings. The molecule has 0 aromatic rings. The Hall–Kier alpha value is -3.28. The van der Waals surface area contributed by atoms with Crippen LogP contribution < -0.4 is 0 Å². The number of aliphatic hydroxyl groups is 3. The zero-order valence-electron chi connectivity index (χ0n) is 29.0. The lowest BCUT2D eigenvalue weighted by Gasteiger charge is -2.27. The van der Waals surface area contributed by atoms with Crippen molar-refractivity contribution in [3.63, 3.8) is 0 Å². The molecule has 0 heterocycles. The van der Waals surface area contributed by atoms with E-state index >= 15 is 0 Å². The summed E-state index contributed by atoms with van der Waals surface area (Å²) in [5.41, 5.74) is 3.42. The fourth-order valence-electron chi connectivity index (χ4n) is 5.84. The van der Waals surface area contributed by atoms with Crippen LogP contribution in [0.15, 0.2) is 46.6 Å². The Morgan fingerprint density at radius 1 is 0.617 bits per heavy atom. The molecule has 0 aromatic carbocycles. The van der Waals surface area contributed by atoms with E-state index in [-0.39, 0.29) is 18.8 Å². The number of rotatable bonds is 25. The van der Waals surface area contributed by atoms with E-state index in [1.807, 2.05) is 26.0 Å². The average Bonchev–Trinajstić information content (AvgIpc) is 2.92. The van der Waals surface area contributed by atoms with Crippen molar-refractivity contribution in [2.45, 2.75) is 118 Å².